The molecule has 0 aliphatic heterocycles. The average Bonchev–Trinajstić information content (AvgIpc) is 3.06. The van der Waals surface area contributed by atoms with Gasteiger partial charge in [0, 0.05) is 31.9 Å². The van der Waals surface area contributed by atoms with E-state index in [0.29, 0.717) is 17.8 Å². The molecule has 1 heterocycles. The van der Waals surface area contributed by atoms with Crippen LogP contribution in [-0.2, 0) is 11.3 Å². The smallest absolute Gasteiger partial charge is 0.251 e. The number of amides is 2. The molecule has 0 unspecified atom stereocenters. The molecule has 1 saturated carbocycles. The van der Waals surface area contributed by atoms with E-state index in [2.05, 4.69) is 26.6 Å². The minimum absolute atomic E-state index is 0.0701. The van der Waals surface area contributed by atoms with E-state index in [0.717, 1.165) is 35.0 Å². The van der Waals surface area contributed by atoms with Gasteiger partial charge in [0.25, 0.3) is 5.91 Å². The number of benzene rings is 1. The Bertz CT molecular complexity index is 753. The van der Waals surface area contributed by atoms with Gasteiger partial charge >= 0.3 is 0 Å². The van der Waals surface area contributed by atoms with E-state index in [1.165, 1.54) is 6.42 Å². The van der Waals surface area contributed by atoms with E-state index >= 15 is 0 Å². The van der Waals surface area contributed by atoms with E-state index in [1.54, 1.807) is 29.5 Å². The molecule has 0 spiro atoms. The van der Waals surface area contributed by atoms with Gasteiger partial charge < -0.3 is 10.6 Å². The Kier molecular flexibility index (Phi) is 6.26. The van der Waals surface area contributed by atoms with Crippen LogP contribution >= 0.6 is 27.3 Å². The Labute approximate surface area is 160 Å². The fourth-order valence-electron chi connectivity index (χ4n) is 3.06. The van der Waals surface area contributed by atoms with Gasteiger partial charge in [-0.15, -0.1) is 11.3 Å². The number of hydrogen-bond donors (Lipinski definition) is 2. The number of halogens is 1. The van der Waals surface area contributed by atoms with Gasteiger partial charge in [0.05, 0.1) is 6.54 Å². The Morgan fingerprint density at radius 3 is 2.68 bits per heavy atom. The Balaban J connectivity index is 1.58. The third kappa shape index (κ3) is 5.16. The highest BCUT2D eigenvalue weighted by molar-refractivity contribution is 9.10. The zero-order valence-corrected chi connectivity index (χ0v) is 16.3. The van der Waals surface area contributed by atoms with E-state index in [-0.39, 0.29) is 17.7 Å². The third-order valence-corrected chi connectivity index (χ3v) is 6.11. The van der Waals surface area contributed by atoms with Crippen LogP contribution in [0.25, 0.3) is 0 Å². The second kappa shape index (κ2) is 8.63. The van der Waals surface area contributed by atoms with Crippen LogP contribution in [0.1, 0.15) is 47.3 Å². The van der Waals surface area contributed by atoms with Gasteiger partial charge in [-0.25, -0.2) is 0 Å². The fraction of sp³-hybridized carbons (Fsp3) is 0.368. The van der Waals surface area contributed by atoms with Crippen molar-refractivity contribution in [3.05, 3.63) is 50.6 Å². The van der Waals surface area contributed by atoms with Gasteiger partial charge in [-0.05, 0) is 53.0 Å². The molecule has 25 heavy (non-hydrogen) atoms. The summed E-state index contributed by atoms with van der Waals surface area (Å²) in [6.45, 7) is 0.494. The van der Waals surface area contributed by atoms with Crippen LogP contribution in [0.4, 0.5) is 5.69 Å². The molecule has 132 valence electrons. The molecule has 2 amide bonds. The molecule has 1 aromatic carbocycles. The summed E-state index contributed by atoms with van der Waals surface area (Å²) in [5.41, 5.74) is 1.24. The van der Waals surface area contributed by atoms with Crippen molar-refractivity contribution in [3.8, 4) is 0 Å². The number of nitrogens with one attached hydrogen (secondary N) is 2. The largest absolute Gasteiger partial charge is 0.347 e. The van der Waals surface area contributed by atoms with Crippen LogP contribution < -0.4 is 10.6 Å². The molecule has 0 radical (unpaired) electrons. The van der Waals surface area contributed by atoms with Gasteiger partial charge in [-0.2, -0.15) is 0 Å². The number of carbonyl (C=O) groups is 2. The van der Waals surface area contributed by atoms with Crippen molar-refractivity contribution in [2.45, 2.75) is 38.6 Å². The van der Waals surface area contributed by atoms with Crippen molar-refractivity contribution < 1.29 is 9.59 Å². The maximum absolute atomic E-state index is 12.3. The topological polar surface area (TPSA) is 58.2 Å². The van der Waals surface area contributed by atoms with Crippen molar-refractivity contribution in [3.63, 3.8) is 0 Å². The molecule has 1 fully saturated rings. The summed E-state index contributed by atoms with van der Waals surface area (Å²) in [6, 6.07) is 9.11. The van der Waals surface area contributed by atoms with E-state index < -0.39 is 0 Å². The van der Waals surface area contributed by atoms with Crippen LogP contribution in [0.2, 0.25) is 0 Å². The molecule has 2 N–H and O–H groups in total. The monoisotopic (exact) mass is 420 g/mol. The lowest BCUT2D eigenvalue weighted by Crippen LogP contribution is -2.25. The van der Waals surface area contributed by atoms with Crippen molar-refractivity contribution in [1.29, 1.82) is 0 Å². The molecule has 0 atom stereocenters. The molecule has 3 rings (SSSR count). The standard InChI is InChI=1S/C19H21BrN2O2S/c20-15-10-17(25-12-15)11-21-18(23)14-7-4-8-16(9-14)22-19(24)13-5-2-1-3-6-13/h4,7-10,12-13H,1-3,5-6,11H2,(H,21,23)(H,22,24). The summed E-state index contributed by atoms with van der Waals surface area (Å²) in [5.74, 6) is 0.0301. The van der Waals surface area contributed by atoms with Gasteiger partial charge in [0.2, 0.25) is 5.91 Å². The number of anilines is 1. The number of rotatable bonds is 5. The van der Waals surface area contributed by atoms with Crippen LogP contribution in [0.15, 0.2) is 40.2 Å². The van der Waals surface area contributed by atoms with Crippen molar-refractivity contribution in [2.24, 2.45) is 5.92 Å². The highest BCUT2D eigenvalue weighted by Gasteiger charge is 2.21. The summed E-state index contributed by atoms with van der Waals surface area (Å²) < 4.78 is 1.02. The summed E-state index contributed by atoms with van der Waals surface area (Å²) in [7, 11) is 0. The van der Waals surface area contributed by atoms with Crippen molar-refractivity contribution in [1.82, 2.24) is 5.32 Å². The second-order valence-corrected chi connectivity index (χ2v) is 8.23. The lowest BCUT2D eigenvalue weighted by atomic mass is 9.88. The molecular weight excluding hydrogens is 400 g/mol. The third-order valence-electron chi connectivity index (χ3n) is 4.41. The summed E-state index contributed by atoms with van der Waals surface area (Å²) in [4.78, 5) is 25.8. The quantitative estimate of drug-likeness (QED) is 0.717. The Morgan fingerprint density at radius 2 is 1.96 bits per heavy atom. The van der Waals surface area contributed by atoms with Gasteiger partial charge in [0.15, 0.2) is 0 Å². The lowest BCUT2D eigenvalue weighted by molar-refractivity contribution is -0.120. The first-order valence-corrected chi connectivity index (χ1v) is 10.2. The zero-order chi connectivity index (χ0) is 17.6. The molecule has 6 heteroatoms. The number of hydrogen-bond acceptors (Lipinski definition) is 3. The SMILES string of the molecule is O=C(NCc1cc(Br)cs1)c1cccc(NC(=O)C2CCCCC2)c1. The van der Waals surface area contributed by atoms with Crippen LogP contribution in [0.3, 0.4) is 0 Å². The molecule has 4 nitrogen and oxygen atoms in total. The van der Waals surface area contributed by atoms with Crippen LogP contribution in [0.5, 0.6) is 0 Å². The van der Waals surface area contributed by atoms with E-state index in [4.69, 9.17) is 0 Å². The molecule has 2 aromatic rings. The van der Waals surface area contributed by atoms with E-state index in [9.17, 15) is 9.59 Å². The summed E-state index contributed by atoms with van der Waals surface area (Å²) in [5, 5.41) is 7.86. The highest BCUT2D eigenvalue weighted by atomic mass is 79.9. The summed E-state index contributed by atoms with van der Waals surface area (Å²) in [6.07, 6.45) is 5.39. The molecule has 0 saturated heterocycles. The summed E-state index contributed by atoms with van der Waals surface area (Å²) >= 11 is 5.00. The Morgan fingerprint density at radius 1 is 1.16 bits per heavy atom. The van der Waals surface area contributed by atoms with Crippen molar-refractivity contribution >= 4 is 44.8 Å². The molecule has 1 aliphatic rings. The lowest BCUT2D eigenvalue weighted by Gasteiger charge is -2.20. The number of carbonyl (C=O) groups excluding carboxylic acids is 2. The fourth-order valence-corrected chi connectivity index (χ4v) is 4.45. The normalized spacial score (nSPS) is 14.9. The second-order valence-electron chi connectivity index (χ2n) is 6.32. The maximum atomic E-state index is 12.3. The predicted molar refractivity (Wildman–Crippen MR) is 105 cm³/mol. The minimum atomic E-state index is -0.140. The first kappa shape index (κ1) is 18.1. The van der Waals surface area contributed by atoms with Crippen LogP contribution in [0, 0.1) is 5.92 Å². The predicted octanol–water partition coefficient (Wildman–Crippen LogP) is 4.96. The zero-order valence-electron chi connectivity index (χ0n) is 13.9. The van der Waals surface area contributed by atoms with Crippen molar-refractivity contribution in [2.75, 3.05) is 5.32 Å². The Hall–Kier alpha value is -1.66. The first-order chi connectivity index (χ1) is 12.1. The molecule has 1 aliphatic carbocycles. The molecule has 1 aromatic heterocycles. The molecule has 0 bridgehead atoms. The van der Waals surface area contributed by atoms with Gasteiger partial charge in [-0.1, -0.05) is 25.3 Å². The van der Waals surface area contributed by atoms with E-state index in [1.807, 2.05) is 17.5 Å². The maximum Gasteiger partial charge on any atom is 0.251 e. The number of thiophene rings is 1. The van der Waals surface area contributed by atoms with Gasteiger partial charge in [-0.3, -0.25) is 9.59 Å². The molecular formula is C19H21BrN2O2S. The highest BCUT2D eigenvalue weighted by Crippen LogP contribution is 2.25. The minimum Gasteiger partial charge on any atom is -0.347 e. The first-order valence-electron chi connectivity index (χ1n) is 8.54. The van der Waals surface area contributed by atoms with Gasteiger partial charge in [0.1, 0.15) is 0 Å². The van der Waals surface area contributed by atoms with Crippen LogP contribution in [-0.4, -0.2) is 11.8 Å². The average molecular weight is 421 g/mol.